The van der Waals surface area contributed by atoms with E-state index < -0.39 is 0 Å². The van der Waals surface area contributed by atoms with Crippen LogP contribution in [-0.2, 0) is 6.54 Å². The smallest absolute Gasteiger partial charge is 0.173 e. The van der Waals surface area contributed by atoms with Crippen molar-refractivity contribution >= 4 is 46.2 Å². The maximum absolute atomic E-state index is 6.14. The molecule has 6 heteroatoms. The number of hydrogen-bond donors (Lipinski definition) is 1. The number of benzene rings is 2. The lowest BCUT2D eigenvalue weighted by molar-refractivity contribution is 0.413. The number of rotatable bonds is 4. The van der Waals surface area contributed by atoms with Crippen LogP contribution in [0.3, 0.4) is 0 Å². The molecule has 0 fully saturated rings. The number of hydrogen-bond acceptors (Lipinski definition) is 2. The van der Waals surface area contributed by atoms with Gasteiger partial charge in [-0.2, -0.15) is 0 Å². The zero-order valence-corrected chi connectivity index (χ0v) is 14.6. The highest BCUT2D eigenvalue weighted by molar-refractivity contribution is 7.80. The van der Waals surface area contributed by atoms with Crippen molar-refractivity contribution in [2.24, 2.45) is 0 Å². The summed E-state index contributed by atoms with van der Waals surface area (Å²) in [4.78, 5) is 1.93. The zero-order chi connectivity index (χ0) is 16.1. The molecule has 0 aliphatic heterocycles. The van der Waals surface area contributed by atoms with Crippen molar-refractivity contribution in [3.8, 4) is 5.75 Å². The molecule has 0 spiro atoms. The predicted octanol–water partition coefficient (Wildman–Crippen LogP) is 4.83. The molecule has 0 radical (unpaired) electrons. The third-order valence-corrected chi connectivity index (χ3v) is 4.03. The van der Waals surface area contributed by atoms with Crippen molar-refractivity contribution in [3.63, 3.8) is 0 Å². The van der Waals surface area contributed by atoms with E-state index in [0.717, 1.165) is 17.0 Å². The van der Waals surface area contributed by atoms with Gasteiger partial charge < -0.3 is 15.0 Å². The number of ether oxygens (including phenoxy) is 1. The van der Waals surface area contributed by atoms with Crippen molar-refractivity contribution in [2.75, 3.05) is 19.5 Å². The minimum absolute atomic E-state index is 0.532. The van der Waals surface area contributed by atoms with Crippen LogP contribution >= 0.6 is 35.4 Å². The Morgan fingerprint density at radius 3 is 2.68 bits per heavy atom. The number of nitrogens with one attached hydrogen (secondary N) is 1. The fourth-order valence-corrected chi connectivity index (χ4v) is 2.55. The van der Waals surface area contributed by atoms with Gasteiger partial charge in [0.25, 0.3) is 0 Å². The van der Waals surface area contributed by atoms with E-state index in [0.29, 0.717) is 21.7 Å². The highest BCUT2D eigenvalue weighted by Gasteiger charge is 2.08. The molecule has 0 aliphatic rings. The molecule has 2 aromatic carbocycles. The van der Waals surface area contributed by atoms with E-state index in [1.807, 2.05) is 36.2 Å². The van der Waals surface area contributed by atoms with Crippen LogP contribution in [-0.4, -0.2) is 24.2 Å². The second-order valence-corrected chi connectivity index (χ2v) is 5.99. The normalized spacial score (nSPS) is 10.2. The van der Waals surface area contributed by atoms with Gasteiger partial charge in [0.15, 0.2) is 5.11 Å². The van der Waals surface area contributed by atoms with Crippen molar-refractivity contribution in [1.29, 1.82) is 0 Å². The molecular formula is C16H16Cl2N2OS. The summed E-state index contributed by atoms with van der Waals surface area (Å²) in [6.45, 7) is 0.661. The Bertz CT molecular complexity index is 679. The molecule has 0 atom stereocenters. The molecule has 0 bridgehead atoms. The highest BCUT2D eigenvalue weighted by Crippen LogP contribution is 2.25. The summed E-state index contributed by atoms with van der Waals surface area (Å²) in [6, 6.07) is 13.1. The summed E-state index contributed by atoms with van der Waals surface area (Å²) < 4.78 is 5.22. The molecule has 0 saturated heterocycles. The van der Waals surface area contributed by atoms with E-state index in [2.05, 4.69) is 5.32 Å². The van der Waals surface area contributed by atoms with Gasteiger partial charge in [0, 0.05) is 18.6 Å². The van der Waals surface area contributed by atoms with E-state index in [1.54, 1.807) is 25.3 Å². The molecule has 0 aromatic heterocycles. The molecular weight excluding hydrogens is 339 g/mol. The van der Waals surface area contributed by atoms with Gasteiger partial charge in [0.05, 0.1) is 17.8 Å². The number of thiocarbonyl (C=S) groups is 1. The number of halogens is 2. The Morgan fingerprint density at radius 2 is 2.00 bits per heavy atom. The second-order valence-electron chi connectivity index (χ2n) is 4.76. The molecule has 2 rings (SSSR count). The summed E-state index contributed by atoms with van der Waals surface area (Å²) in [6.07, 6.45) is 0. The molecule has 116 valence electrons. The summed E-state index contributed by atoms with van der Waals surface area (Å²) in [7, 11) is 3.57. The standard InChI is InChI=1S/C16H16Cl2N2OS/c1-20(10-11-4-3-5-13(8-11)21-2)16(22)19-15-7-6-12(17)9-14(15)18/h3-9H,10H2,1-2H3,(H,19,22). The topological polar surface area (TPSA) is 24.5 Å². The van der Waals surface area contributed by atoms with Gasteiger partial charge in [-0.3, -0.25) is 0 Å². The van der Waals surface area contributed by atoms with Gasteiger partial charge in [-0.15, -0.1) is 0 Å². The van der Waals surface area contributed by atoms with Crippen LogP contribution in [0.1, 0.15) is 5.56 Å². The predicted molar refractivity (Wildman–Crippen MR) is 97.1 cm³/mol. The second kappa shape index (κ2) is 7.68. The van der Waals surface area contributed by atoms with E-state index in [-0.39, 0.29) is 0 Å². The molecule has 0 aliphatic carbocycles. The van der Waals surface area contributed by atoms with Gasteiger partial charge >= 0.3 is 0 Å². The maximum atomic E-state index is 6.14. The van der Waals surface area contributed by atoms with Crippen LogP contribution in [0.5, 0.6) is 5.75 Å². The number of methoxy groups -OCH3 is 1. The van der Waals surface area contributed by atoms with Crippen molar-refractivity contribution in [3.05, 3.63) is 58.1 Å². The molecule has 1 N–H and O–H groups in total. The van der Waals surface area contributed by atoms with E-state index in [1.165, 1.54) is 0 Å². The first-order valence-electron chi connectivity index (χ1n) is 6.59. The van der Waals surface area contributed by atoms with Crippen molar-refractivity contribution in [2.45, 2.75) is 6.54 Å². The third kappa shape index (κ3) is 4.50. The molecule has 0 heterocycles. The lowest BCUT2D eigenvalue weighted by atomic mass is 10.2. The average Bonchev–Trinajstić information content (AvgIpc) is 2.50. The first-order chi connectivity index (χ1) is 10.5. The van der Waals surface area contributed by atoms with E-state index in [9.17, 15) is 0 Å². The minimum Gasteiger partial charge on any atom is -0.497 e. The Hall–Kier alpha value is -1.49. The molecule has 2 aromatic rings. The molecule has 0 amide bonds. The van der Waals surface area contributed by atoms with Gasteiger partial charge in [0.2, 0.25) is 0 Å². The third-order valence-electron chi connectivity index (χ3n) is 3.07. The van der Waals surface area contributed by atoms with Crippen LogP contribution in [0.15, 0.2) is 42.5 Å². The van der Waals surface area contributed by atoms with Crippen LogP contribution in [0.25, 0.3) is 0 Å². The molecule has 3 nitrogen and oxygen atoms in total. The van der Waals surface area contributed by atoms with Crippen molar-refractivity contribution in [1.82, 2.24) is 4.90 Å². The van der Waals surface area contributed by atoms with Gasteiger partial charge in [-0.1, -0.05) is 35.3 Å². The van der Waals surface area contributed by atoms with Gasteiger partial charge in [-0.25, -0.2) is 0 Å². The Morgan fingerprint density at radius 1 is 1.23 bits per heavy atom. The lowest BCUT2D eigenvalue weighted by Crippen LogP contribution is -2.30. The summed E-state index contributed by atoms with van der Waals surface area (Å²) >= 11 is 17.4. The fraction of sp³-hybridized carbons (Fsp3) is 0.188. The van der Waals surface area contributed by atoms with Crippen LogP contribution in [0, 0.1) is 0 Å². The number of nitrogens with zero attached hydrogens (tertiary/aromatic N) is 1. The van der Waals surface area contributed by atoms with Crippen LogP contribution < -0.4 is 10.1 Å². The SMILES string of the molecule is COc1cccc(CN(C)C(=S)Nc2ccc(Cl)cc2Cl)c1. The first-order valence-corrected chi connectivity index (χ1v) is 7.76. The quantitative estimate of drug-likeness (QED) is 0.794. The summed E-state index contributed by atoms with van der Waals surface area (Å²) in [5.41, 5.74) is 1.83. The highest BCUT2D eigenvalue weighted by atomic mass is 35.5. The first kappa shape index (κ1) is 16.9. The Labute approximate surface area is 145 Å². The fourth-order valence-electron chi connectivity index (χ4n) is 1.92. The monoisotopic (exact) mass is 354 g/mol. The molecule has 0 unspecified atom stereocenters. The van der Waals surface area contributed by atoms with E-state index in [4.69, 9.17) is 40.2 Å². The van der Waals surface area contributed by atoms with Crippen LogP contribution in [0.4, 0.5) is 5.69 Å². The largest absolute Gasteiger partial charge is 0.497 e. The van der Waals surface area contributed by atoms with Gasteiger partial charge in [-0.05, 0) is 48.1 Å². The summed E-state index contributed by atoms with van der Waals surface area (Å²) in [5.74, 6) is 0.825. The maximum Gasteiger partial charge on any atom is 0.173 e. The van der Waals surface area contributed by atoms with Gasteiger partial charge in [0.1, 0.15) is 5.75 Å². The minimum atomic E-state index is 0.532. The zero-order valence-electron chi connectivity index (χ0n) is 12.3. The Balaban J connectivity index is 2.02. The average molecular weight is 355 g/mol. The molecule has 22 heavy (non-hydrogen) atoms. The van der Waals surface area contributed by atoms with Crippen LogP contribution in [0.2, 0.25) is 10.0 Å². The number of anilines is 1. The summed E-state index contributed by atoms with van der Waals surface area (Å²) in [5, 5.41) is 4.82. The lowest BCUT2D eigenvalue weighted by Gasteiger charge is -2.22. The van der Waals surface area contributed by atoms with E-state index >= 15 is 0 Å². The van der Waals surface area contributed by atoms with Crippen molar-refractivity contribution < 1.29 is 4.74 Å². The Kier molecular flexibility index (Phi) is 5.89. The molecule has 0 saturated carbocycles.